The molecule has 126 valence electrons. The first-order valence-electron chi connectivity index (χ1n) is 8.29. The van der Waals surface area contributed by atoms with Gasteiger partial charge in [-0.3, -0.25) is 9.59 Å². The molecule has 2 aromatic heterocycles. The van der Waals surface area contributed by atoms with Crippen LogP contribution < -0.4 is 5.32 Å². The summed E-state index contributed by atoms with van der Waals surface area (Å²) < 4.78 is 0. The Morgan fingerprint density at radius 1 is 1.44 bits per heavy atom. The lowest BCUT2D eigenvalue weighted by molar-refractivity contribution is -0.128. The highest BCUT2D eigenvalue weighted by Gasteiger charge is 2.30. The second-order valence-corrected chi connectivity index (χ2v) is 6.40. The van der Waals surface area contributed by atoms with Gasteiger partial charge in [0.05, 0.1) is 6.07 Å². The maximum absolute atomic E-state index is 12.0. The number of nitrogens with one attached hydrogen (secondary N) is 2. The van der Waals surface area contributed by atoms with Crippen LogP contribution in [0.5, 0.6) is 0 Å². The van der Waals surface area contributed by atoms with Crippen LogP contribution in [0.4, 0.5) is 5.82 Å². The molecule has 0 bridgehead atoms. The van der Waals surface area contributed by atoms with Crippen LogP contribution in [0.1, 0.15) is 24.8 Å². The zero-order valence-corrected chi connectivity index (χ0v) is 13.6. The van der Waals surface area contributed by atoms with Gasteiger partial charge in [0.1, 0.15) is 17.9 Å². The summed E-state index contributed by atoms with van der Waals surface area (Å²) >= 11 is 0. The summed E-state index contributed by atoms with van der Waals surface area (Å²) in [6.45, 7) is 0.953. The van der Waals surface area contributed by atoms with E-state index in [1.807, 2.05) is 30.5 Å². The van der Waals surface area contributed by atoms with E-state index < -0.39 is 0 Å². The number of pyridine rings is 1. The summed E-state index contributed by atoms with van der Waals surface area (Å²) in [5, 5.41) is 12.5. The molecule has 25 heavy (non-hydrogen) atoms. The Hall–Kier alpha value is -3.14. The molecule has 2 aliphatic rings. The number of rotatable bonds is 4. The Bertz CT molecular complexity index is 933. The van der Waals surface area contributed by atoms with E-state index in [4.69, 9.17) is 5.26 Å². The lowest BCUT2D eigenvalue weighted by Gasteiger charge is -2.15. The number of aromatic nitrogens is 2. The van der Waals surface area contributed by atoms with Gasteiger partial charge in [0.2, 0.25) is 11.8 Å². The molecule has 0 aromatic carbocycles. The first kappa shape index (κ1) is 15.4. The Morgan fingerprint density at radius 2 is 2.28 bits per heavy atom. The number of hydrogen-bond acceptors (Lipinski definition) is 4. The standard InChI is InChI=1S/C18H17N5O2/c19-6-3-16(24)23-8-5-12(10-23)14-9-15(22-18(25)11-1-2-11)21-17-13(14)4-7-20-17/h4-5,7,9,11H,1-3,8,10H2,(H2,20,21,22,25). The van der Waals surface area contributed by atoms with Gasteiger partial charge in [-0.25, -0.2) is 4.98 Å². The predicted molar refractivity (Wildman–Crippen MR) is 92.2 cm³/mol. The summed E-state index contributed by atoms with van der Waals surface area (Å²) in [6.07, 6.45) is 5.56. The molecular weight excluding hydrogens is 318 g/mol. The second-order valence-electron chi connectivity index (χ2n) is 6.40. The van der Waals surface area contributed by atoms with Gasteiger partial charge in [-0.2, -0.15) is 5.26 Å². The van der Waals surface area contributed by atoms with E-state index >= 15 is 0 Å². The number of amides is 2. The minimum atomic E-state index is -0.171. The third-order valence-electron chi connectivity index (χ3n) is 4.58. The van der Waals surface area contributed by atoms with Crippen molar-refractivity contribution < 1.29 is 9.59 Å². The van der Waals surface area contributed by atoms with E-state index in [0.29, 0.717) is 24.6 Å². The number of aromatic amines is 1. The molecule has 2 amide bonds. The first-order chi connectivity index (χ1) is 12.2. The van der Waals surface area contributed by atoms with Gasteiger partial charge in [0.25, 0.3) is 0 Å². The fourth-order valence-electron chi connectivity index (χ4n) is 3.06. The third kappa shape index (κ3) is 2.98. The summed E-state index contributed by atoms with van der Waals surface area (Å²) in [5.41, 5.74) is 2.65. The number of carbonyl (C=O) groups is 2. The molecule has 0 radical (unpaired) electrons. The monoisotopic (exact) mass is 335 g/mol. The number of H-pyrrole nitrogens is 1. The van der Waals surface area contributed by atoms with E-state index in [2.05, 4.69) is 15.3 Å². The number of fused-ring (bicyclic) bond motifs is 1. The van der Waals surface area contributed by atoms with Gasteiger partial charge in [-0.15, -0.1) is 0 Å². The van der Waals surface area contributed by atoms with Crippen molar-refractivity contribution in [3.05, 3.63) is 30.0 Å². The molecule has 4 rings (SSSR count). The van der Waals surface area contributed by atoms with Crippen molar-refractivity contribution in [2.45, 2.75) is 19.3 Å². The smallest absolute Gasteiger partial charge is 0.237 e. The number of carbonyl (C=O) groups excluding carboxylic acids is 2. The summed E-state index contributed by atoms with van der Waals surface area (Å²) in [7, 11) is 0. The quantitative estimate of drug-likeness (QED) is 0.892. The summed E-state index contributed by atoms with van der Waals surface area (Å²) in [5.74, 6) is 0.463. The van der Waals surface area contributed by atoms with Crippen LogP contribution in [0, 0.1) is 17.2 Å². The zero-order chi connectivity index (χ0) is 17.4. The van der Waals surface area contributed by atoms with Crippen molar-refractivity contribution in [1.82, 2.24) is 14.9 Å². The van der Waals surface area contributed by atoms with Crippen molar-refractivity contribution in [2.24, 2.45) is 5.92 Å². The molecule has 2 N–H and O–H groups in total. The Labute approximate surface area is 144 Å². The normalized spacial score (nSPS) is 16.6. The second kappa shape index (κ2) is 6.06. The highest BCUT2D eigenvalue weighted by Crippen LogP contribution is 2.32. The van der Waals surface area contributed by atoms with Crippen LogP contribution in [0.15, 0.2) is 24.4 Å². The number of nitrogens with zero attached hydrogens (tertiary/aromatic N) is 3. The molecule has 0 unspecified atom stereocenters. The zero-order valence-electron chi connectivity index (χ0n) is 13.6. The van der Waals surface area contributed by atoms with Crippen molar-refractivity contribution in [1.29, 1.82) is 5.26 Å². The van der Waals surface area contributed by atoms with E-state index in [-0.39, 0.29) is 24.2 Å². The molecule has 7 heteroatoms. The van der Waals surface area contributed by atoms with Crippen LogP contribution in [-0.4, -0.2) is 39.8 Å². The molecule has 2 aromatic rings. The summed E-state index contributed by atoms with van der Waals surface area (Å²) in [6, 6.07) is 5.69. The molecule has 7 nitrogen and oxygen atoms in total. The third-order valence-corrected chi connectivity index (χ3v) is 4.58. The Balaban J connectivity index is 1.62. The minimum Gasteiger partial charge on any atom is -0.346 e. The maximum atomic E-state index is 12.0. The van der Waals surface area contributed by atoms with Gasteiger partial charge in [-0.05, 0) is 36.1 Å². The average molecular weight is 335 g/mol. The molecule has 0 saturated heterocycles. The van der Waals surface area contributed by atoms with E-state index in [1.54, 1.807) is 4.90 Å². The fourth-order valence-corrected chi connectivity index (χ4v) is 3.06. The van der Waals surface area contributed by atoms with Gasteiger partial charge < -0.3 is 15.2 Å². The van der Waals surface area contributed by atoms with Crippen LogP contribution in [0.3, 0.4) is 0 Å². The fraction of sp³-hybridized carbons (Fsp3) is 0.333. The summed E-state index contributed by atoms with van der Waals surface area (Å²) in [4.78, 5) is 33.2. The molecule has 3 heterocycles. The van der Waals surface area contributed by atoms with Crippen molar-refractivity contribution in [2.75, 3.05) is 18.4 Å². The van der Waals surface area contributed by atoms with E-state index in [9.17, 15) is 9.59 Å². The predicted octanol–water partition coefficient (Wildman–Crippen LogP) is 2.05. The minimum absolute atomic E-state index is 0.00980. The molecule has 0 spiro atoms. The molecule has 1 fully saturated rings. The number of nitriles is 1. The average Bonchev–Trinajstić information content (AvgIpc) is 3.15. The van der Waals surface area contributed by atoms with Crippen molar-refractivity contribution >= 4 is 34.2 Å². The molecular formula is C18H17N5O2. The van der Waals surface area contributed by atoms with Crippen LogP contribution in [-0.2, 0) is 9.59 Å². The van der Waals surface area contributed by atoms with Crippen LogP contribution >= 0.6 is 0 Å². The van der Waals surface area contributed by atoms with Crippen molar-refractivity contribution in [3.63, 3.8) is 0 Å². The molecule has 1 saturated carbocycles. The van der Waals surface area contributed by atoms with Crippen molar-refractivity contribution in [3.8, 4) is 6.07 Å². The van der Waals surface area contributed by atoms with Crippen LogP contribution in [0.25, 0.3) is 16.6 Å². The molecule has 1 aliphatic carbocycles. The highest BCUT2D eigenvalue weighted by molar-refractivity contribution is 5.98. The van der Waals surface area contributed by atoms with E-state index in [0.717, 1.165) is 29.4 Å². The SMILES string of the molecule is N#CCC(=O)N1CC=C(c2cc(NC(=O)C3CC3)nc3[nH]ccc23)C1. The molecule has 1 aliphatic heterocycles. The highest BCUT2D eigenvalue weighted by atomic mass is 16.2. The lowest BCUT2D eigenvalue weighted by Crippen LogP contribution is -2.28. The van der Waals surface area contributed by atoms with E-state index in [1.165, 1.54) is 0 Å². The number of hydrogen-bond donors (Lipinski definition) is 2. The topological polar surface area (TPSA) is 102 Å². The first-order valence-corrected chi connectivity index (χ1v) is 8.29. The van der Waals surface area contributed by atoms with Gasteiger partial charge in [0, 0.05) is 30.6 Å². The van der Waals surface area contributed by atoms with Gasteiger partial charge in [0.15, 0.2) is 0 Å². The van der Waals surface area contributed by atoms with Gasteiger partial charge >= 0.3 is 0 Å². The van der Waals surface area contributed by atoms with Crippen LogP contribution in [0.2, 0.25) is 0 Å². The number of anilines is 1. The lowest BCUT2D eigenvalue weighted by atomic mass is 10.0. The Morgan fingerprint density at radius 3 is 3.04 bits per heavy atom. The Kier molecular flexibility index (Phi) is 3.73. The molecule has 0 atom stereocenters. The maximum Gasteiger partial charge on any atom is 0.237 e. The largest absolute Gasteiger partial charge is 0.346 e. The van der Waals surface area contributed by atoms with Gasteiger partial charge in [-0.1, -0.05) is 6.08 Å².